The van der Waals surface area contributed by atoms with Gasteiger partial charge in [-0.25, -0.2) is 19.9 Å². The molecule has 0 atom stereocenters. The number of hydrogen-bond donors (Lipinski definition) is 2. The third-order valence-corrected chi connectivity index (χ3v) is 13.3. The molecule has 9 rings (SSSR count). The number of imidazole rings is 1. The highest BCUT2D eigenvalue weighted by atomic mass is 32.1. The van der Waals surface area contributed by atoms with Gasteiger partial charge in [-0.1, -0.05) is 167 Å². The van der Waals surface area contributed by atoms with Crippen LogP contribution in [-0.2, 0) is 0 Å². The Morgan fingerprint density at radius 3 is 1.30 bits per heavy atom. The Morgan fingerprint density at radius 2 is 1.01 bits per heavy atom. The van der Waals surface area contributed by atoms with Crippen molar-refractivity contribution in [3.8, 4) is 0 Å². The SMILES string of the molecule is CC(C)c1ccccc1.CC(C)c1ccccn1.CC(C)c1cccnc1.CC(C)c1ccncc1.CC(C)c1cncs1.CC(C)c1cscn1.CC(C)c1ncc[nH]1.CC(C)c1nccs1.CC(C)c1ncn[nH]1. The Kier molecular flexibility index (Phi) is 36.8. The molecule has 412 valence electrons. The summed E-state index contributed by atoms with van der Waals surface area (Å²) in [5.41, 5.74) is 10.2. The van der Waals surface area contributed by atoms with Crippen molar-refractivity contribution in [2.75, 3.05) is 0 Å². The van der Waals surface area contributed by atoms with Crippen LogP contribution in [0.15, 0.2) is 157 Å². The summed E-state index contributed by atoms with van der Waals surface area (Å²) < 4.78 is 0. The highest BCUT2D eigenvalue weighted by Crippen LogP contribution is 2.18. The van der Waals surface area contributed by atoms with Gasteiger partial charge in [-0.15, -0.1) is 34.0 Å². The molecule has 14 heteroatoms. The number of hydrogen-bond acceptors (Lipinski definition) is 12. The average Bonchev–Trinajstić information content (AvgIpc) is 4.29. The van der Waals surface area contributed by atoms with Crippen LogP contribution in [-0.4, -0.2) is 55.1 Å². The second-order valence-electron chi connectivity index (χ2n) is 20.2. The molecule has 76 heavy (non-hydrogen) atoms. The van der Waals surface area contributed by atoms with Gasteiger partial charge < -0.3 is 4.98 Å². The lowest BCUT2D eigenvalue weighted by atomic mass is 10.0. The molecule has 2 N–H and O–H groups in total. The molecule has 0 saturated heterocycles. The van der Waals surface area contributed by atoms with E-state index in [1.807, 2.05) is 102 Å². The number of nitrogens with zero attached hydrogens (tertiary/aromatic N) is 9. The predicted molar refractivity (Wildman–Crippen MR) is 327 cm³/mol. The van der Waals surface area contributed by atoms with Gasteiger partial charge in [0.25, 0.3) is 0 Å². The highest BCUT2D eigenvalue weighted by molar-refractivity contribution is 7.09. The Morgan fingerprint density at radius 1 is 0.395 bits per heavy atom. The molecule has 0 amide bonds. The van der Waals surface area contributed by atoms with E-state index in [1.54, 1.807) is 46.4 Å². The maximum absolute atomic E-state index is 4.18. The Labute approximate surface area is 470 Å². The molecule has 8 heterocycles. The number of thiazole rings is 3. The summed E-state index contributed by atoms with van der Waals surface area (Å²) in [4.78, 5) is 36.7. The molecular weight excluding hydrogens is 995 g/mol. The van der Waals surface area contributed by atoms with Crippen LogP contribution >= 0.6 is 34.0 Å². The molecule has 9 aromatic rings. The van der Waals surface area contributed by atoms with E-state index in [-0.39, 0.29) is 0 Å². The normalized spacial score (nSPS) is 10.2. The summed E-state index contributed by atoms with van der Waals surface area (Å²) in [5.74, 6) is 7.22. The number of H-pyrrole nitrogens is 2. The third kappa shape index (κ3) is 32.4. The smallest absolute Gasteiger partial charge is 0.137 e. The topological polar surface area (TPSA) is 148 Å². The van der Waals surface area contributed by atoms with Gasteiger partial charge in [0.15, 0.2) is 0 Å². The first-order valence-corrected chi connectivity index (χ1v) is 29.2. The molecule has 0 radical (unpaired) electrons. The highest BCUT2D eigenvalue weighted by Gasteiger charge is 2.02. The standard InChI is InChI=1S/C9H12.3C8H11N.C6H10N2.3C6H9NS.C5H9N3/c1-8(2)9-6-4-3-5-7-9;1-7(2)8-3-5-9-6-4-8;1-7(2)8-4-3-5-9-6-8;1-7(2)8-5-3-4-6-9-8;1-5(2)6-7-3-4-8-6;1-5(2)6-3-8-4-7-6;1-5(2)6-3-7-4-8-6;1-5(2)6-7-3-4-8-6;1-4(2)5-6-3-7-8-5/h3-8H,1-2H3;3*3-7H,1-2H3;3-5H,1-2H3,(H,7,8);3*3-5H,1-2H3;3-4H,1-2H3,(H,6,7,8). The predicted octanol–water partition coefficient (Wildman–Crippen LogP) is 18.7. The first kappa shape index (κ1) is 67.9. The lowest BCUT2D eigenvalue weighted by Crippen LogP contribution is -1.88. The largest absolute Gasteiger partial charge is 0.348 e. The summed E-state index contributed by atoms with van der Waals surface area (Å²) >= 11 is 5.10. The molecule has 0 bridgehead atoms. The zero-order valence-electron chi connectivity index (χ0n) is 49.0. The zero-order chi connectivity index (χ0) is 56.7. The molecule has 8 aromatic heterocycles. The molecule has 0 aliphatic rings. The van der Waals surface area contributed by atoms with E-state index in [1.165, 1.54) is 38.6 Å². The van der Waals surface area contributed by atoms with Crippen molar-refractivity contribution in [2.45, 2.75) is 178 Å². The van der Waals surface area contributed by atoms with Crippen molar-refractivity contribution >= 4 is 34.0 Å². The van der Waals surface area contributed by atoms with Gasteiger partial charge in [-0.2, -0.15) is 5.10 Å². The molecule has 0 spiro atoms. The molecule has 0 fully saturated rings. The van der Waals surface area contributed by atoms with E-state index in [4.69, 9.17) is 0 Å². The molecule has 1 aromatic carbocycles. The van der Waals surface area contributed by atoms with Crippen molar-refractivity contribution in [1.82, 2.24) is 55.1 Å². The zero-order valence-corrected chi connectivity index (χ0v) is 51.4. The fourth-order valence-corrected chi connectivity index (χ4v) is 7.65. The summed E-state index contributed by atoms with van der Waals surface area (Å²) in [6, 6.07) is 24.7. The van der Waals surface area contributed by atoms with Crippen molar-refractivity contribution in [3.63, 3.8) is 0 Å². The van der Waals surface area contributed by atoms with Gasteiger partial charge in [0.1, 0.15) is 18.0 Å². The lowest BCUT2D eigenvalue weighted by molar-refractivity contribution is 0.781. The van der Waals surface area contributed by atoms with Gasteiger partial charge in [0.05, 0.1) is 21.7 Å². The third-order valence-electron chi connectivity index (χ3n) is 10.5. The number of rotatable bonds is 9. The van der Waals surface area contributed by atoms with E-state index < -0.39 is 0 Å². The molecule has 0 aliphatic heterocycles. The number of pyridine rings is 3. The molecule has 0 saturated carbocycles. The number of benzene rings is 1. The van der Waals surface area contributed by atoms with Crippen LogP contribution < -0.4 is 0 Å². The van der Waals surface area contributed by atoms with Gasteiger partial charge in [0.2, 0.25) is 0 Å². The van der Waals surface area contributed by atoms with Gasteiger partial charge >= 0.3 is 0 Å². The average molecular weight is 1090 g/mol. The lowest BCUT2D eigenvalue weighted by Gasteiger charge is -2.01. The minimum atomic E-state index is 0.456. The van der Waals surface area contributed by atoms with Crippen molar-refractivity contribution < 1.29 is 0 Å². The minimum absolute atomic E-state index is 0.456. The van der Waals surface area contributed by atoms with E-state index in [0.29, 0.717) is 53.3 Å². The fraction of sp³-hybridized carbons (Fsp3) is 0.435. The quantitative estimate of drug-likeness (QED) is 0.144. The molecule has 11 nitrogen and oxygen atoms in total. The van der Waals surface area contributed by atoms with Gasteiger partial charge in [0, 0.05) is 94.9 Å². The monoisotopic (exact) mass is 1090 g/mol. The van der Waals surface area contributed by atoms with Crippen LogP contribution in [0.3, 0.4) is 0 Å². The minimum Gasteiger partial charge on any atom is -0.348 e. The van der Waals surface area contributed by atoms with Gasteiger partial charge in [-0.05, 0) is 82.5 Å². The van der Waals surface area contributed by atoms with Crippen molar-refractivity contribution in [2.24, 2.45) is 0 Å². The van der Waals surface area contributed by atoms with Gasteiger partial charge in [-0.3, -0.25) is 25.0 Å². The number of nitrogens with one attached hydrogen (secondary N) is 2. The van der Waals surface area contributed by atoms with E-state index >= 15 is 0 Å². The van der Waals surface area contributed by atoms with Crippen LogP contribution in [0.2, 0.25) is 0 Å². The summed E-state index contributed by atoms with van der Waals surface area (Å²) in [6.07, 6.45) is 18.1. The number of aromatic nitrogens is 11. The molecular formula is C62H91N11S3. The second kappa shape index (κ2) is 41.1. The molecule has 0 aliphatic carbocycles. The maximum atomic E-state index is 4.18. The van der Waals surface area contributed by atoms with Crippen LogP contribution in [0, 0.1) is 0 Å². The summed E-state index contributed by atoms with van der Waals surface area (Å²) in [5, 5.41) is 11.8. The van der Waals surface area contributed by atoms with E-state index in [2.05, 4.69) is 215 Å². The summed E-state index contributed by atoms with van der Waals surface area (Å²) in [6.45, 7) is 38.7. The maximum Gasteiger partial charge on any atom is 0.137 e. The Balaban J connectivity index is 0.000000428. The van der Waals surface area contributed by atoms with E-state index in [0.717, 1.165) is 17.3 Å². The van der Waals surface area contributed by atoms with Crippen molar-refractivity contribution in [3.05, 3.63) is 206 Å². The van der Waals surface area contributed by atoms with Crippen LogP contribution in [0.25, 0.3) is 0 Å². The van der Waals surface area contributed by atoms with E-state index in [9.17, 15) is 0 Å². The van der Waals surface area contributed by atoms with Crippen LogP contribution in [0.5, 0.6) is 0 Å². The summed E-state index contributed by atoms with van der Waals surface area (Å²) in [7, 11) is 0. The number of aromatic amines is 2. The fourth-order valence-electron chi connectivity index (χ4n) is 5.64. The molecule has 0 unspecified atom stereocenters. The first-order chi connectivity index (χ1) is 36.2. The Hall–Kier alpha value is -6.09. The van der Waals surface area contributed by atoms with Crippen LogP contribution in [0.4, 0.5) is 0 Å². The second-order valence-corrected chi connectivity index (χ2v) is 22.7. The first-order valence-electron chi connectivity index (χ1n) is 26.5. The Bertz CT molecular complexity index is 2150. The van der Waals surface area contributed by atoms with Crippen LogP contribution in [0.1, 0.15) is 228 Å². The van der Waals surface area contributed by atoms with Crippen molar-refractivity contribution in [1.29, 1.82) is 0 Å².